The molecule has 0 aliphatic heterocycles. The van der Waals surface area contributed by atoms with Crippen molar-refractivity contribution in [3.63, 3.8) is 0 Å². The van der Waals surface area contributed by atoms with Crippen LogP contribution in [0.15, 0.2) is 66.7 Å². The third-order valence-corrected chi connectivity index (χ3v) is 4.83. The molecule has 0 bridgehead atoms. The summed E-state index contributed by atoms with van der Waals surface area (Å²) in [7, 11) is 1.50. The fourth-order valence-electron chi connectivity index (χ4n) is 3.02. The summed E-state index contributed by atoms with van der Waals surface area (Å²) in [5, 5.41) is 2.98. The minimum atomic E-state index is -0.610. The lowest BCUT2D eigenvalue weighted by atomic mass is 10.2. The van der Waals surface area contributed by atoms with E-state index in [1.807, 2.05) is 30.3 Å². The quantitative estimate of drug-likeness (QED) is 0.428. The number of ether oxygens (including phenoxy) is 2. The van der Waals surface area contributed by atoms with Crippen LogP contribution in [0, 0.1) is 0 Å². The number of rotatable bonds is 6. The van der Waals surface area contributed by atoms with Gasteiger partial charge >= 0.3 is 5.97 Å². The number of hydrogen-bond donors (Lipinski definition) is 2. The topological polar surface area (TPSA) is 93.3 Å². The monoisotopic (exact) mass is 435 g/mol. The summed E-state index contributed by atoms with van der Waals surface area (Å²) >= 11 is 6.04. The molecule has 4 rings (SSSR count). The lowest BCUT2D eigenvalue weighted by Gasteiger charge is -2.08. The van der Waals surface area contributed by atoms with Gasteiger partial charge in [0.25, 0.3) is 5.91 Å². The van der Waals surface area contributed by atoms with Crippen molar-refractivity contribution >= 4 is 40.2 Å². The predicted molar refractivity (Wildman–Crippen MR) is 118 cm³/mol. The number of halogens is 1. The number of fused-ring (bicyclic) bond motifs is 1. The van der Waals surface area contributed by atoms with Crippen molar-refractivity contribution in [2.24, 2.45) is 0 Å². The molecule has 0 spiro atoms. The Morgan fingerprint density at radius 3 is 2.61 bits per heavy atom. The van der Waals surface area contributed by atoms with E-state index in [-0.39, 0.29) is 0 Å². The maximum Gasteiger partial charge on any atom is 0.338 e. The van der Waals surface area contributed by atoms with Gasteiger partial charge in [0.2, 0.25) is 0 Å². The third kappa shape index (κ3) is 4.67. The summed E-state index contributed by atoms with van der Waals surface area (Å²) in [5.41, 5.74) is 3.16. The van der Waals surface area contributed by atoms with E-state index in [1.165, 1.54) is 7.11 Å². The van der Waals surface area contributed by atoms with E-state index in [1.54, 1.807) is 36.4 Å². The van der Waals surface area contributed by atoms with Crippen molar-refractivity contribution < 1.29 is 19.1 Å². The largest absolute Gasteiger partial charge is 0.495 e. The number of nitrogens with one attached hydrogen (secondary N) is 2. The average molecular weight is 436 g/mol. The molecule has 8 heteroatoms. The van der Waals surface area contributed by atoms with Gasteiger partial charge in [-0.3, -0.25) is 4.79 Å². The zero-order chi connectivity index (χ0) is 21.8. The van der Waals surface area contributed by atoms with Gasteiger partial charge in [-0.15, -0.1) is 0 Å². The summed E-state index contributed by atoms with van der Waals surface area (Å²) < 4.78 is 10.2. The van der Waals surface area contributed by atoms with Crippen LogP contribution in [0.3, 0.4) is 0 Å². The van der Waals surface area contributed by atoms with Crippen LogP contribution >= 0.6 is 11.6 Å². The highest BCUT2D eigenvalue weighted by Gasteiger charge is 2.13. The Kier molecular flexibility index (Phi) is 5.86. The first-order chi connectivity index (χ1) is 15.0. The third-order valence-electron chi connectivity index (χ3n) is 4.53. The Bertz CT molecular complexity index is 1250. The number of aromatic amines is 1. The Hall–Kier alpha value is -3.84. The number of carbonyl (C=O) groups is 2. The average Bonchev–Trinajstić information content (AvgIpc) is 3.22. The van der Waals surface area contributed by atoms with Gasteiger partial charge in [-0.25, -0.2) is 9.78 Å². The highest BCUT2D eigenvalue weighted by Crippen LogP contribution is 2.27. The van der Waals surface area contributed by atoms with Gasteiger partial charge in [-0.05, 0) is 36.4 Å². The van der Waals surface area contributed by atoms with Crippen LogP contribution in [0.5, 0.6) is 5.75 Å². The molecule has 156 valence electrons. The van der Waals surface area contributed by atoms with Crippen LogP contribution in [0.1, 0.15) is 10.4 Å². The first-order valence-corrected chi connectivity index (χ1v) is 9.77. The Balaban J connectivity index is 1.40. The molecule has 0 aliphatic carbocycles. The number of esters is 1. The molecule has 0 saturated heterocycles. The van der Waals surface area contributed by atoms with Crippen LogP contribution < -0.4 is 10.1 Å². The van der Waals surface area contributed by atoms with Gasteiger partial charge < -0.3 is 19.8 Å². The number of methoxy groups -OCH3 is 1. The molecule has 0 atom stereocenters. The van der Waals surface area contributed by atoms with E-state index in [0.717, 1.165) is 11.1 Å². The van der Waals surface area contributed by atoms with Gasteiger partial charge in [0.1, 0.15) is 11.6 Å². The number of nitrogens with zero attached hydrogens (tertiary/aromatic N) is 1. The second kappa shape index (κ2) is 8.89. The van der Waals surface area contributed by atoms with E-state index in [0.29, 0.717) is 33.4 Å². The number of aromatic nitrogens is 2. The lowest BCUT2D eigenvalue weighted by molar-refractivity contribution is -0.119. The Morgan fingerprint density at radius 2 is 1.87 bits per heavy atom. The summed E-state index contributed by atoms with van der Waals surface area (Å²) in [6.07, 6.45) is 0. The molecule has 0 radical (unpaired) electrons. The normalized spacial score (nSPS) is 10.6. The minimum absolute atomic E-state index is 0.316. The van der Waals surface area contributed by atoms with Crippen molar-refractivity contribution in [1.82, 2.24) is 9.97 Å². The smallest absolute Gasteiger partial charge is 0.338 e. The molecule has 0 saturated carbocycles. The number of amides is 1. The van der Waals surface area contributed by atoms with Crippen LogP contribution in [0.4, 0.5) is 5.69 Å². The van der Waals surface area contributed by atoms with Gasteiger partial charge in [0, 0.05) is 11.3 Å². The number of H-pyrrole nitrogens is 1. The number of carbonyl (C=O) groups excluding carboxylic acids is 2. The van der Waals surface area contributed by atoms with Crippen molar-refractivity contribution in [3.8, 4) is 17.1 Å². The van der Waals surface area contributed by atoms with E-state index >= 15 is 0 Å². The van der Waals surface area contributed by atoms with Gasteiger partial charge in [0.05, 0.1) is 28.7 Å². The summed E-state index contributed by atoms with van der Waals surface area (Å²) in [6, 6.07) is 19.5. The summed E-state index contributed by atoms with van der Waals surface area (Å²) in [4.78, 5) is 32.2. The molecule has 31 heavy (non-hydrogen) atoms. The van der Waals surface area contributed by atoms with Crippen LogP contribution in [-0.4, -0.2) is 35.6 Å². The molecule has 1 aromatic heterocycles. The number of imidazole rings is 1. The highest BCUT2D eigenvalue weighted by molar-refractivity contribution is 6.32. The summed E-state index contributed by atoms with van der Waals surface area (Å²) in [5.74, 6) is 0.110. The molecular weight excluding hydrogens is 418 g/mol. The number of benzene rings is 3. The molecule has 0 aliphatic rings. The maximum atomic E-state index is 12.4. The van der Waals surface area contributed by atoms with Crippen LogP contribution in [-0.2, 0) is 9.53 Å². The maximum absolute atomic E-state index is 12.4. The fourth-order valence-corrected chi connectivity index (χ4v) is 3.28. The first kappa shape index (κ1) is 20.4. The van der Waals surface area contributed by atoms with Crippen molar-refractivity contribution in [3.05, 3.63) is 77.3 Å². The van der Waals surface area contributed by atoms with E-state index < -0.39 is 18.5 Å². The SMILES string of the molecule is COc1ccc(NC(=O)COC(=O)c2ccc3nc(-c4ccccc4)[nH]c3c2)cc1Cl. The van der Waals surface area contributed by atoms with E-state index in [9.17, 15) is 9.59 Å². The molecule has 7 nitrogen and oxygen atoms in total. The summed E-state index contributed by atoms with van der Waals surface area (Å²) in [6.45, 7) is -0.432. The zero-order valence-corrected chi connectivity index (χ0v) is 17.3. The fraction of sp³-hybridized carbons (Fsp3) is 0.0870. The Morgan fingerprint density at radius 1 is 1.06 bits per heavy atom. The standard InChI is InChI=1S/C23H18ClN3O4/c1-30-20-10-8-16(12-17(20)24)25-21(28)13-31-23(29)15-7-9-18-19(11-15)27-22(26-18)14-5-3-2-4-6-14/h2-12H,13H2,1H3,(H,25,28)(H,26,27). The molecule has 1 amide bonds. The van der Waals surface area contributed by atoms with Crippen LogP contribution in [0.2, 0.25) is 5.02 Å². The second-order valence-corrected chi connectivity index (χ2v) is 7.06. The molecule has 2 N–H and O–H groups in total. The van der Waals surface area contributed by atoms with E-state index in [2.05, 4.69) is 15.3 Å². The predicted octanol–water partition coefficient (Wildman–Crippen LogP) is 4.69. The van der Waals surface area contributed by atoms with E-state index in [4.69, 9.17) is 21.1 Å². The molecule has 1 heterocycles. The number of hydrogen-bond acceptors (Lipinski definition) is 5. The van der Waals surface area contributed by atoms with Crippen molar-refractivity contribution in [2.75, 3.05) is 19.0 Å². The van der Waals surface area contributed by atoms with Gasteiger partial charge in [0.15, 0.2) is 6.61 Å². The van der Waals surface area contributed by atoms with Crippen LogP contribution in [0.25, 0.3) is 22.4 Å². The van der Waals surface area contributed by atoms with Crippen molar-refractivity contribution in [1.29, 1.82) is 0 Å². The molecule has 0 unspecified atom stereocenters. The number of anilines is 1. The lowest BCUT2D eigenvalue weighted by Crippen LogP contribution is -2.20. The minimum Gasteiger partial charge on any atom is -0.495 e. The molecule has 4 aromatic rings. The highest BCUT2D eigenvalue weighted by atomic mass is 35.5. The molecule has 3 aromatic carbocycles. The van der Waals surface area contributed by atoms with Gasteiger partial charge in [-0.2, -0.15) is 0 Å². The molecular formula is C23H18ClN3O4. The second-order valence-electron chi connectivity index (χ2n) is 6.66. The van der Waals surface area contributed by atoms with Gasteiger partial charge in [-0.1, -0.05) is 41.9 Å². The Labute approximate surface area is 183 Å². The first-order valence-electron chi connectivity index (χ1n) is 9.39. The van der Waals surface area contributed by atoms with Crippen molar-refractivity contribution in [2.45, 2.75) is 0 Å². The zero-order valence-electron chi connectivity index (χ0n) is 16.5. The molecule has 0 fully saturated rings.